The number of benzene rings is 2. The lowest BCUT2D eigenvalue weighted by Gasteiger charge is -2.32. The molecule has 0 bridgehead atoms. The van der Waals surface area contributed by atoms with Crippen molar-refractivity contribution in [3.05, 3.63) is 59.4 Å². The topological polar surface area (TPSA) is 56.8 Å². The van der Waals surface area contributed by atoms with Gasteiger partial charge in [-0.1, -0.05) is 24.3 Å². The van der Waals surface area contributed by atoms with Crippen molar-refractivity contribution in [1.29, 1.82) is 0 Å². The second-order valence-electron chi connectivity index (χ2n) is 7.76. The van der Waals surface area contributed by atoms with Crippen molar-refractivity contribution in [3.8, 4) is 5.75 Å². The highest BCUT2D eigenvalue weighted by Crippen LogP contribution is 2.36. The van der Waals surface area contributed by atoms with E-state index in [2.05, 4.69) is 5.32 Å². The number of methoxy groups -OCH3 is 1. The fourth-order valence-corrected chi connectivity index (χ4v) is 2.82. The van der Waals surface area contributed by atoms with E-state index in [1.54, 1.807) is 0 Å². The standard InChI is InChI=1S/C21H25BFNO4/c1-20(2)21(3,4)28-22(27-20)15-8-6-14(7-9-15)13-24-19(25)17-12-16(23)10-11-18(17)26-5/h6-12H,13H2,1-5H3,(H,24,25)/i5D3. The molecule has 0 unspecified atom stereocenters. The number of carbonyl (C=O) groups excluding carboxylic acids is 1. The summed E-state index contributed by atoms with van der Waals surface area (Å²) >= 11 is 0. The Morgan fingerprint density at radius 3 is 2.39 bits per heavy atom. The minimum Gasteiger partial charge on any atom is -0.496 e. The highest BCUT2D eigenvalue weighted by atomic mass is 19.1. The molecule has 0 aromatic heterocycles. The number of carbonyl (C=O) groups is 1. The largest absolute Gasteiger partial charge is 0.496 e. The van der Waals surface area contributed by atoms with Crippen molar-refractivity contribution in [2.75, 3.05) is 7.04 Å². The summed E-state index contributed by atoms with van der Waals surface area (Å²) in [7, 11) is -3.24. The molecule has 1 aliphatic rings. The molecule has 1 amide bonds. The van der Waals surface area contributed by atoms with Crippen molar-refractivity contribution in [2.24, 2.45) is 0 Å². The Bertz CT molecular complexity index is 948. The fourth-order valence-electron chi connectivity index (χ4n) is 2.82. The van der Waals surface area contributed by atoms with E-state index in [1.807, 2.05) is 52.0 Å². The highest BCUT2D eigenvalue weighted by molar-refractivity contribution is 6.62. The maximum atomic E-state index is 13.6. The molecule has 0 spiro atoms. The maximum absolute atomic E-state index is 13.6. The number of rotatable bonds is 5. The van der Waals surface area contributed by atoms with Crippen LogP contribution in [0, 0.1) is 5.82 Å². The zero-order chi connectivity index (χ0) is 23.0. The lowest BCUT2D eigenvalue weighted by Crippen LogP contribution is -2.41. The van der Waals surface area contributed by atoms with E-state index in [0.717, 1.165) is 29.2 Å². The van der Waals surface area contributed by atoms with Crippen LogP contribution in [0.2, 0.25) is 0 Å². The summed E-state index contributed by atoms with van der Waals surface area (Å²) in [5.74, 6) is -1.53. The SMILES string of the molecule is [2H]C([2H])([2H])Oc1ccc(F)cc1C(=O)NCc1ccc(B2OC(C)(C)C(C)(C)O2)cc1. The molecule has 3 rings (SSSR count). The molecule has 2 aromatic rings. The zero-order valence-corrected chi connectivity index (χ0v) is 16.3. The summed E-state index contributed by atoms with van der Waals surface area (Å²) in [5.41, 5.74) is 0.577. The second kappa shape index (κ2) is 7.56. The molecule has 5 nitrogen and oxygen atoms in total. The smallest absolute Gasteiger partial charge is 0.494 e. The first-order valence-corrected chi connectivity index (χ1v) is 8.99. The van der Waals surface area contributed by atoms with Gasteiger partial charge in [0.1, 0.15) is 11.6 Å². The van der Waals surface area contributed by atoms with E-state index in [4.69, 9.17) is 18.2 Å². The summed E-state index contributed by atoms with van der Waals surface area (Å²) in [4.78, 5) is 12.5. The summed E-state index contributed by atoms with van der Waals surface area (Å²) in [6.07, 6.45) is 0. The zero-order valence-electron chi connectivity index (χ0n) is 19.3. The van der Waals surface area contributed by atoms with Crippen molar-refractivity contribution in [3.63, 3.8) is 0 Å². The van der Waals surface area contributed by atoms with Crippen LogP contribution in [-0.4, -0.2) is 31.3 Å². The number of nitrogens with one attached hydrogen (secondary N) is 1. The number of hydrogen-bond acceptors (Lipinski definition) is 4. The Hall–Kier alpha value is -2.38. The molecule has 28 heavy (non-hydrogen) atoms. The van der Waals surface area contributed by atoms with Crippen molar-refractivity contribution < 1.29 is 27.3 Å². The number of hydrogen-bond donors (Lipinski definition) is 1. The van der Waals surface area contributed by atoms with Crippen LogP contribution in [0.3, 0.4) is 0 Å². The van der Waals surface area contributed by atoms with Gasteiger partial charge in [0.2, 0.25) is 0 Å². The molecule has 148 valence electrons. The summed E-state index contributed by atoms with van der Waals surface area (Å²) in [6, 6.07) is 10.5. The van der Waals surface area contributed by atoms with Gasteiger partial charge in [-0.25, -0.2) is 4.39 Å². The number of ether oxygens (including phenoxy) is 1. The Balaban J connectivity index is 1.66. The molecule has 0 aliphatic carbocycles. The predicted molar refractivity (Wildman–Crippen MR) is 106 cm³/mol. The van der Waals surface area contributed by atoms with E-state index in [-0.39, 0.29) is 17.9 Å². The van der Waals surface area contributed by atoms with Gasteiger partial charge >= 0.3 is 7.12 Å². The minimum atomic E-state index is -2.75. The predicted octanol–water partition coefficient (Wildman–Crippen LogP) is 3.06. The molecular weight excluding hydrogens is 360 g/mol. The lowest BCUT2D eigenvalue weighted by molar-refractivity contribution is 0.00578. The molecule has 1 saturated heterocycles. The average Bonchev–Trinajstić information content (AvgIpc) is 2.88. The van der Waals surface area contributed by atoms with E-state index in [0.29, 0.717) is 0 Å². The molecule has 0 radical (unpaired) electrons. The first-order valence-electron chi connectivity index (χ1n) is 10.5. The lowest BCUT2D eigenvalue weighted by atomic mass is 9.79. The molecule has 0 atom stereocenters. The highest BCUT2D eigenvalue weighted by Gasteiger charge is 2.51. The molecule has 1 aliphatic heterocycles. The average molecular weight is 388 g/mol. The fraction of sp³-hybridized carbons (Fsp3) is 0.381. The van der Waals surface area contributed by atoms with Gasteiger partial charge in [0.05, 0.1) is 27.9 Å². The van der Waals surface area contributed by atoms with Gasteiger partial charge in [-0.05, 0) is 56.9 Å². The van der Waals surface area contributed by atoms with E-state index in [9.17, 15) is 9.18 Å². The van der Waals surface area contributed by atoms with Gasteiger partial charge in [-0.3, -0.25) is 4.79 Å². The third kappa shape index (κ3) is 4.05. The molecule has 1 fully saturated rings. The van der Waals surface area contributed by atoms with Crippen LogP contribution in [0.1, 0.15) is 47.7 Å². The van der Waals surface area contributed by atoms with Gasteiger partial charge in [-0.2, -0.15) is 0 Å². The van der Waals surface area contributed by atoms with Crippen LogP contribution in [0.4, 0.5) is 4.39 Å². The first-order chi connectivity index (χ1) is 14.3. The van der Waals surface area contributed by atoms with Crippen LogP contribution in [0.15, 0.2) is 42.5 Å². The van der Waals surface area contributed by atoms with Crippen LogP contribution in [0.25, 0.3) is 0 Å². The second-order valence-corrected chi connectivity index (χ2v) is 7.76. The Labute approximate surface area is 169 Å². The Morgan fingerprint density at radius 1 is 1.14 bits per heavy atom. The van der Waals surface area contributed by atoms with Gasteiger partial charge < -0.3 is 19.4 Å². The van der Waals surface area contributed by atoms with E-state index < -0.39 is 37.1 Å². The third-order valence-electron chi connectivity index (χ3n) is 5.25. The Morgan fingerprint density at radius 2 is 1.79 bits per heavy atom. The van der Waals surface area contributed by atoms with Crippen LogP contribution in [0.5, 0.6) is 5.75 Å². The van der Waals surface area contributed by atoms with Gasteiger partial charge in [-0.15, -0.1) is 0 Å². The van der Waals surface area contributed by atoms with Gasteiger partial charge in [0, 0.05) is 6.54 Å². The van der Waals surface area contributed by atoms with Crippen LogP contribution >= 0.6 is 0 Å². The quantitative estimate of drug-likeness (QED) is 0.800. The normalized spacial score (nSPS) is 19.5. The van der Waals surface area contributed by atoms with Crippen LogP contribution < -0.4 is 15.5 Å². The molecule has 0 saturated carbocycles. The molecule has 2 aromatic carbocycles. The van der Waals surface area contributed by atoms with Crippen LogP contribution in [-0.2, 0) is 15.9 Å². The first kappa shape index (κ1) is 16.6. The molecule has 1 heterocycles. The number of amides is 1. The van der Waals surface area contributed by atoms with E-state index >= 15 is 0 Å². The maximum Gasteiger partial charge on any atom is 0.494 e. The molecule has 1 N–H and O–H groups in total. The molecular formula is C21H25BFNO4. The van der Waals surface area contributed by atoms with Crippen molar-refractivity contribution in [2.45, 2.75) is 45.4 Å². The monoisotopic (exact) mass is 388 g/mol. The van der Waals surface area contributed by atoms with Gasteiger partial charge in [0.25, 0.3) is 5.91 Å². The molecule has 7 heteroatoms. The third-order valence-corrected chi connectivity index (χ3v) is 5.25. The van der Waals surface area contributed by atoms with Crippen molar-refractivity contribution in [1.82, 2.24) is 5.32 Å². The number of halogens is 1. The Kier molecular flexibility index (Phi) is 4.48. The minimum absolute atomic E-state index is 0.159. The van der Waals surface area contributed by atoms with E-state index in [1.165, 1.54) is 0 Å². The summed E-state index contributed by atoms with van der Waals surface area (Å²) < 4.78 is 52.1. The summed E-state index contributed by atoms with van der Waals surface area (Å²) in [5, 5.41) is 2.65. The van der Waals surface area contributed by atoms with Gasteiger partial charge in [0.15, 0.2) is 0 Å². The summed E-state index contributed by atoms with van der Waals surface area (Å²) in [6.45, 7) is 8.08. The van der Waals surface area contributed by atoms with Crippen molar-refractivity contribution >= 4 is 18.5 Å².